The van der Waals surface area contributed by atoms with E-state index in [1.807, 2.05) is 18.2 Å². The quantitative estimate of drug-likeness (QED) is 0.679. The third kappa shape index (κ3) is 2.46. The Morgan fingerprint density at radius 2 is 1.85 bits per heavy atom. The van der Waals surface area contributed by atoms with Crippen molar-refractivity contribution < 1.29 is 4.74 Å². The van der Waals surface area contributed by atoms with Gasteiger partial charge in [0.1, 0.15) is 5.75 Å². The van der Waals surface area contributed by atoms with E-state index in [0.29, 0.717) is 6.61 Å². The average Bonchev–Trinajstić information content (AvgIpc) is 2.78. The molecule has 3 rings (SSSR count). The van der Waals surface area contributed by atoms with Crippen molar-refractivity contribution in [1.29, 1.82) is 0 Å². The van der Waals surface area contributed by atoms with Crippen molar-refractivity contribution in [3.05, 3.63) is 71.7 Å². The molecule has 2 aromatic carbocycles. The summed E-state index contributed by atoms with van der Waals surface area (Å²) in [6, 6.07) is 16.5. The van der Waals surface area contributed by atoms with Crippen molar-refractivity contribution in [1.82, 2.24) is 4.57 Å². The molecule has 0 spiro atoms. The lowest BCUT2D eigenvalue weighted by Gasteiger charge is -2.08. The highest BCUT2D eigenvalue weighted by atomic mass is 79.9. The molecule has 2 nitrogen and oxygen atoms in total. The lowest BCUT2D eigenvalue weighted by molar-refractivity contribution is 0.365. The van der Waals surface area contributed by atoms with Gasteiger partial charge in [0.05, 0.1) is 17.5 Å². The van der Waals surface area contributed by atoms with Gasteiger partial charge in [0, 0.05) is 17.2 Å². The first kappa shape index (κ1) is 13.3. The Kier molecular flexibility index (Phi) is 3.79. The number of hydrogen-bond acceptors (Lipinski definition) is 1. The first-order valence-electron chi connectivity index (χ1n) is 6.53. The van der Waals surface area contributed by atoms with Crippen LogP contribution >= 0.6 is 15.9 Å². The highest BCUT2D eigenvalue weighted by Gasteiger charge is 2.11. The van der Waals surface area contributed by atoms with Gasteiger partial charge in [-0.25, -0.2) is 0 Å². The molecule has 0 aliphatic heterocycles. The summed E-state index contributed by atoms with van der Waals surface area (Å²) in [5, 5.41) is 1.10. The van der Waals surface area contributed by atoms with Crippen LogP contribution in [0.3, 0.4) is 0 Å². The fourth-order valence-electron chi connectivity index (χ4n) is 2.41. The number of hydrogen-bond donors (Lipinski definition) is 0. The third-order valence-electron chi connectivity index (χ3n) is 3.27. The van der Waals surface area contributed by atoms with Crippen molar-refractivity contribution in [3.63, 3.8) is 0 Å². The minimum atomic E-state index is 0.426. The third-order valence-corrected chi connectivity index (χ3v) is 3.88. The minimum absolute atomic E-state index is 0.426. The van der Waals surface area contributed by atoms with E-state index in [0.717, 1.165) is 27.7 Å². The topological polar surface area (TPSA) is 14.2 Å². The number of benzene rings is 2. The number of aromatic nitrogens is 1. The summed E-state index contributed by atoms with van der Waals surface area (Å²) in [7, 11) is 0. The zero-order chi connectivity index (χ0) is 13.9. The number of rotatable bonds is 4. The van der Waals surface area contributed by atoms with Gasteiger partial charge in [-0.1, -0.05) is 36.4 Å². The normalized spacial score (nSPS) is 10.9. The van der Waals surface area contributed by atoms with Gasteiger partial charge in [0.25, 0.3) is 0 Å². The zero-order valence-electron chi connectivity index (χ0n) is 11.1. The Hall–Kier alpha value is -1.74. The second-order valence-corrected chi connectivity index (χ2v) is 5.44. The lowest BCUT2D eigenvalue weighted by atomic mass is 10.2. The predicted molar refractivity (Wildman–Crippen MR) is 86.0 cm³/mol. The van der Waals surface area contributed by atoms with Crippen LogP contribution in [0.15, 0.2) is 59.2 Å². The number of halogens is 1. The summed E-state index contributed by atoms with van der Waals surface area (Å²) in [4.78, 5) is 0. The molecule has 0 amide bonds. The van der Waals surface area contributed by atoms with Crippen LogP contribution in [0.5, 0.6) is 5.75 Å². The highest BCUT2D eigenvalue weighted by Crippen LogP contribution is 2.34. The number of nitrogens with zero attached hydrogens (tertiary/aromatic N) is 1. The van der Waals surface area contributed by atoms with Crippen LogP contribution in [0.2, 0.25) is 0 Å². The molecule has 1 aromatic heterocycles. The summed E-state index contributed by atoms with van der Waals surface area (Å²) in [5.74, 6) is 0.871. The molecule has 1 radical (unpaired) electrons. The van der Waals surface area contributed by atoms with E-state index in [2.05, 4.69) is 63.9 Å². The van der Waals surface area contributed by atoms with Gasteiger partial charge >= 0.3 is 0 Å². The molecule has 3 heteroatoms. The van der Waals surface area contributed by atoms with Gasteiger partial charge < -0.3 is 9.30 Å². The van der Waals surface area contributed by atoms with Crippen molar-refractivity contribution in [2.45, 2.75) is 6.54 Å². The monoisotopic (exact) mass is 328 g/mol. The van der Waals surface area contributed by atoms with Crippen molar-refractivity contribution >= 4 is 26.8 Å². The van der Waals surface area contributed by atoms with Gasteiger partial charge in [0.15, 0.2) is 0 Å². The Morgan fingerprint density at radius 3 is 2.60 bits per heavy atom. The first-order valence-corrected chi connectivity index (χ1v) is 7.32. The van der Waals surface area contributed by atoms with Gasteiger partial charge in [-0.3, -0.25) is 0 Å². The second-order valence-electron chi connectivity index (χ2n) is 4.59. The fourth-order valence-corrected chi connectivity index (χ4v) is 3.06. The second kappa shape index (κ2) is 5.71. The summed E-state index contributed by atoms with van der Waals surface area (Å²) in [6.45, 7) is 5.02. The summed E-state index contributed by atoms with van der Waals surface area (Å²) in [5.41, 5.74) is 2.44. The Bertz CT molecular complexity index is 718. The summed E-state index contributed by atoms with van der Waals surface area (Å²) >= 11 is 3.63. The van der Waals surface area contributed by atoms with Crippen molar-refractivity contribution in [2.24, 2.45) is 0 Å². The van der Waals surface area contributed by atoms with Crippen LogP contribution in [0.1, 0.15) is 5.56 Å². The van der Waals surface area contributed by atoms with E-state index < -0.39 is 0 Å². The van der Waals surface area contributed by atoms with E-state index in [9.17, 15) is 0 Å². The SMILES string of the molecule is [CH2]COc1cccc2c1c(Br)cn2Cc1ccccc1. The molecule has 0 atom stereocenters. The lowest BCUT2D eigenvalue weighted by Crippen LogP contribution is -1.98. The molecular formula is C17H15BrNO. The zero-order valence-corrected chi connectivity index (χ0v) is 12.6. The maximum Gasteiger partial charge on any atom is 0.129 e. The standard InChI is InChI=1S/C17H15BrNO/c1-2-20-16-10-6-9-15-17(16)14(18)12-19(15)11-13-7-4-3-5-8-13/h3-10,12H,1-2,11H2. The first-order chi connectivity index (χ1) is 9.79. The average molecular weight is 329 g/mol. The van der Waals surface area contributed by atoms with Crippen molar-refractivity contribution in [3.8, 4) is 5.75 Å². The van der Waals surface area contributed by atoms with Gasteiger partial charge in [0.2, 0.25) is 0 Å². The largest absolute Gasteiger partial charge is 0.493 e. The van der Waals surface area contributed by atoms with Crippen LogP contribution in [-0.4, -0.2) is 11.2 Å². The molecule has 0 aliphatic rings. The fraction of sp³-hybridized carbons (Fsp3) is 0.118. The highest BCUT2D eigenvalue weighted by molar-refractivity contribution is 9.10. The molecule has 0 N–H and O–H groups in total. The molecule has 0 aliphatic carbocycles. The van der Waals surface area contributed by atoms with E-state index in [1.165, 1.54) is 5.56 Å². The molecular weight excluding hydrogens is 314 g/mol. The summed E-state index contributed by atoms with van der Waals surface area (Å²) < 4.78 is 8.88. The maximum atomic E-state index is 5.61. The van der Waals surface area contributed by atoms with Gasteiger partial charge in [-0.05, 0) is 40.5 Å². The minimum Gasteiger partial charge on any atom is -0.493 e. The van der Waals surface area contributed by atoms with Crippen LogP contribution in [0, 0.1) is 6.92 Å². The van der Waals surface area contributed by atoms with E-state index in [1.54, 1.807) is 0 Å². The molecule has 101 valence electrons. The number of ether oxygens (including phenoxy) is 1. The molecule has 0 saturated heterocycles. The summed E-state index contributed by atoms with van der Waals surface area (Å²) in [6.07, 6.45) is 2.10. The van der Waals surface area contributed by atoms with Crippen LogP contribution in [0.4, 0.5) is 0 Å². The predicted octanol–water partition coefficient (Wildman–Crippen LogP) is 4.66. The van der Waals surface area contributed by atoms with Gasteiger partial charge in [-0.15, -0.1) is 0 Å². The number of fused-ring (bicyclic) bond motifs is 1. The Balaban J connectivity index is 2.07. The van der Waals surface area contributed by atoms with Crippen LogP contribution in [0.25, 0.3) is 10.9 Å². The molecule has 0 fully saturated rings. The van der Waals surface area contributed by atoms with E-state index in [-0.39, 0.29) is 0 Å². The molecule has 0 bridgehead atoms. The van der Waals surface area contributed by atoms with E-state index in [4.69, 9.17) is 4.74 Å². The van der Waals surface area contributed by atoms with Crippen LogP contribution in [-0.2, 0) is 6.54 Å². The maximum absolute atomic E-state index is 5.61. The molecule has 1 heterocycles. The smallest absolute Gasteiger partial charge is 0.129 e. The van der Waals surface area contributed by atoms with E-state index >= 15 is 0 Å². The molecule has 20 heavy (non-hydrogen) atoms. The molecule has 0 unspecified atom stereocenters. The molecule has 0 saturated carbocycles. The Labute approximate surface area is 127 Å². The van der Waals surface area contributed by atoms with Gasteiger partial charge in [-0.2, -0.15) is 0 Å². The Morgan fingerprint density at radius 1 is 1.05 bits per heavy atom. The molecule has 3 aromatic rings. The van der Waals surface area contributed by atoms with Crippen LogP contribution < -0.4 is 4.74 Å². The van der Waals surface area contributed by atoms with Crippen molar-refractivity contribution in [2.75, 3.05) is 6.61 Å².